The lowest BCUT2D eigenvalue weighted by Crippen LogP contribution is -2.51. The summed E-state index contributed by atoms with van der Waals surface area (Å²) < 4.78 is 8.62. The molecule has 2 fully saturated rings. The average molecular weight is 490 g/mol. The van der Waals surface area contributed by atoms with E-state index in [0.717, 1.165) is 51.0 Å². The maximum Gasteiger partial charge on any atom is 0.407 e. The second-order valence-corrected chi connectivity index (χ2v) is 11.0. The van der Waals surface area contributed by atoms with E-state index in [1.165, 1.54) is 20.3 Å². The molecule has 1 saturated carbocycles. The number of anilines is 1. The first-order chi connectivity index (χ1) is 16.0. The van der Waals surface area contributed by atoms with Crippen molar-refractivity contribution in [3.63, 3.8) is 0 Å². The van der Waals surface area contributed by atoms with Crippen LogP contribution in [-0.4, -0.2) is 48.9 Å². The number of alkyl carbamates (subject to hydrolysis) is 1. The van der Waals surface area contributed by atoms with Gasteiger partial charge in [0.1, 0.15) is 0 Å². The van der Waals surface area contributed by atoms with E-state index in [1.54, 1.807) is 23.3 Å². The molecule has 4 rings (SSSR count). The van der Waals surface area contributed by atoms with Crippen molar-refractivity contribution in [2.45, 2.75) is 75.5 Å². The molecule has 33 heavy (non-hydrogen) atoms. The molecule has 0 atom stereocenters. The van der Waals surface area contributed by atoms with Gasteiger partial charge in [-0.2, -0.15) is 0 Å². The molecule has 1 aliphatic heterocycles. The van der Waals surface area contributed by atoms with Crippen molar-refractivity contribution in [1.29, 1.82) is 0 Å². The Kier molecular flexibility index (Phi) is 8.51. The lowest BCUT2D eigenvalue weighted by Gasteiger charge is -2.29. The number of nitrogens with zero attached hydrogens (tertiary/aromatic N) is 1. The van der Waals surface area contributed by atoms with Crippen LogP contribution >= 0.6 is 23.3 Å². The highest BCUT2D eigenvalue weighted by Gasteiger charge is 2.26. The van der Waals surface area contributed by atoms with Gasteiger partial charge in [-0.3, -0.25) is 4.72 Å². The van der Waals surface area contributed by atoms with Gasteiger partial charge in [0.05, 0.1) is 22.0 Å². The summed E-state index contributed by atoms with van der Waals surface area (Å²) in [6.07, 6.45) is 5.63. The molecular weight excluding hydrogens is 454 g/mol. The fraction of sp³-hybridized carbons (Fsp3) is 0.583. The SMILES string of the molecule is CCNSc1cc(NC2CNC2)ccc1-c1cnc(C2CCC(NC(=O)OC(C)C)CC2)s1. The van der Waals surface area contributed by atoms with Gasteiger partial charge in [0, 0.05) is 53.9 Å². The van der Waals surface area contributed by atoms with Crippen LogP contribution in [0.15, 0.2) is 29.3 Å². The van der Waals surface area contributed by atoms with Crippen molar-refractivity contribution in [1.82, 2.24) is 20.3 Å². The Morgan fingerprint density at radius 3 is 2.70 bits per heavy atom. The first kappa shape index (κ1) is 24.3. The van der Waals surface area contributed by atoms with Crippen molar-refractivity contribution in [3.05, 3.63) is 29.4 Å². The number of thiazole rings is 1. The lowest BCUT2D eigenvalue weighted by atomic mass is 9.86. The first-order valence-corrected chi connectivity index (χ1v) is 13.6. The summed E-state index contributed by atoms with van der Waals surface area (Å²) in [6, 6.07) is 7.34. The van der Waals surface area contributed by atoms with Gasteiger partial charge in [0.2, 0.25) is 0 Å². The molecule has 180 valence electrons. The molecule has 2 aliphatic rings. The van der Waals surface area contributed by atoms with Crippen LogP contribution in [0.5, 0.6) is 0 Å². The fourth-order valence-corrected chi connectivity index (χ4v) is 6.14. The Morgan fingerprint density at radius 2 is 2.03 bits per heavy atom. The zero-order chi connectivity index (χ0) is 23.2. The lowest BCUT2D eigenvalue weighted by molar-refractivity contribution is 0.109. The number of hydrogen-bond donors (Lipinski definition) is 4. The molecule has 7 nitrogen and oxygen atoms in total. The highest BCUT2D eigenvalue weighted by atomic mass is 32.2. The zero-order valence-corrected chi connectivity index (χ0v) is 21.3. The van der Waals surface area contributed by atoms with Crippen molar-refractivity contribution >= 4 is 35.1 Å². The summed E-state index contributed by atoms with van der Waals surface area (Å²) >= 11 is 3.49. The monoisotopic (exact) mass is 489 g/mol. The predicted molar refractivity (Wildman–Crippen MR) is 137 cm³/mol. The fourth-order valence-electron chi connectivity index (χ4n) is 4.18. The van der Waals surface area contributed by atoms with E-state index < -0.39 is 0 Å². The van der Waals surface area contributed by atoms with Crippen molar-refractivity contribution in [3.8, 4) is 10.4 Å². The minimum atomic E-state index is -0.304. The standard InChI is InChI=1S/C24H35N5O2S2/c1-4-27-33-21-11-18(28-19-12-25-13-19)9-10-20(21)22-14-26-23(32-22)16-5-7-17(8-6-16)29-24(30)31-15(2)3/h9-11,14-17,19,25,27-28H,4-8,12-13H2,1-3H3,(H,29,30). The minimum Gasteiger partial charge on any atom is -0.447 e. The van der Waals surface area contributed by atoms with Crippen LogP contribution in [0.2, 0.25) is 0 Å². The van der Waals surface area contributed by atoms with Crippen LogP contribution in [0, 0.1) is 0 Å². The molecule has 0 bridgehead atoms. The number of carbonyl (C=O) groups excluding carboxylic acids is 1. The summed E-state index contributed by atoms with van der Waals surface area (Å²) in [7, 11) is 0. The third-order valence-electron chi connectivity index (χ3n) is 5.99. The Labute approximate surface area is 205 Å². The van der Waals surface area contributed by atoms with Gasteiger partial charge >= 0.3 is 6.09 Å². The topological polar surface area (TPSA) is 87.3 Å². The van der Waals surface area contributed by atoms with Gasteiger partial charge in [-0.25, -0.2) is 9.78 Å². The van der Waals surface area contributed by atoms with Gasteiger partial charge in [-0.1, -0.05) is 13.0 Å². The average Bonchev–Trinajstić information content (AvgIpc) is 3.25. The molecule has 2 aromatic rings. The first-order valence-electron chi connectivity index (χ1n) is 12.0. The quantitative estimate of drug-likeness (QED) is 0.370. The summed E-state index contributed by atoms with van der Waals surface area (Å²) in [5, 5.41) is 11.1. The van der Waals surface area contributed by atoms with Crippen LogP contribution in [0.25, 0.3) is 10.4 Å². The number of nitrogens with one attached hydrogen (secondary N) is 4. The normalized spacial score (nSPS) is 21.0. The summed E-state index contributed by atoms with van der Waals surface area (Å²) in [4.78, 5) is 19.1. The van der Waals surface area contributed by atoms with Crippen molar-refractivity contribution in [2.24, 2.45) is 0 Å². The Morgan fingerprint density at radius 1 is 1.24 bits per heavy atom. The summed E-state index contributed by atoms with van der Waals surface area (Å²) in [6.45, 7) is 8.81. The number of hydrogen-bond acceptors (Lipinski definition) is 8. The third-order valence-corrected chi connectivity index (χ3v) is 8.17. The Balaban J connectivity index is 1.39. The van der Waals surface area contributed by atoms with E-state index in [9.17, 15) is 4.79 Å². The molecule has 0 radical (unpaired) electrons. The van der Waals surface area contributed by atoms with E-state index in [-0.39, 0.29) is 18.2 Å². The van der Waals surface area contributed by atoms with Gasteiger partial charge in [-0.05, 0) is 63.6 Å². The van der Waals surface area contributed by atoms with Crippen LogP contribution < -0.4 is 20.7 Å². The van der Waals surface area contributed by atoms with Crippen LogP contribution in [0.4, 0.5) is 10.5 Å². The Bertz CT molecular complexity index is 923. The second kappa shape index (κ2) is 11.6. The van der Waals surface area contributed by atoms with Crippen molar-refractivity contribution in [2.75, 3.05) is 25.0 Å². The number of ether oxygens (including phenoxy) is 1. The Hall–Kier alpha value is -1.81. The number of amides is 1. The summed E-state index contributed by atoms with van der Waals surface area (Å²) in [5.41, 5.74) is 2.39. The number of rotatable bonds is 9. The smallest absolute Gasteiger partial charge is 0.407 e. The third kappa shape index (κ3) is 6.62. The number of carbonyl (C=O) groups is 1. The second-order valence-electron chi connectivity index (χ2n) is 9.02. The molecule has 0 unspecified atom stereocenters. The molecule has 9 heteroatoms. The van der Waals surface area contributed by atoms with E-state index >= 15 is 0 Å². The van der Waals surface area contributed by atoms with Gasteiger partial charge in [0.25, 0.3) is 0 Å². The molecular formula is C24H35N5O2S2. The van der Waals surface area contributed by atoms with E-state index in [2.05, 4.69) is 45.8 Å². The van der Waals surface area contributed by atoms with Crippen LogP contribution in [0.3, 0.4) is 0 Å². The van der Waals surface area contributed by atoms with Gasteiger partial charge in [0.15, 0.2) is 0 Å². The molecule has 1 aliphatic carbocycles. The zero-order valence-electron chi connectivity index (χ0n) is 19.6. The molecule has 2 heterocycles. The number of benzene rings is 1. The maximum absolute atomic E-state index is 11.9. The molecule has 1 aromatic carbocycles. The minimum absolute atomic E-state index is 0.0919. The van der Waals surface area contributed by atoms with Gasteiger partial charge < -0.3 is 20.7 Å². The van der Waals surface area contributed by atoms with Gasteiger partial charge in [-0.15, -0.1) is 11.3 Å². The van der Waals surface area contributed by atoms with Crippen LogP contribution in [-0.2, 0) is 4.74 Å². The number of aromatic nitrogens is 1. The molecule has 1 saturated heterocycles. The molecule has 1 amide bonds. The molecule has 0 spiro atoms. The largest absolute Gasteiger partial charge is 0.447 e. The molecule has 1 aromatic heterocycles. The maximum atomic E-state index is 11.9. The summed E-state index contributed by atoms with van der Waals surface area (Å²) in [5.74, 6) is 0.458. The molecule has 4 N–H and O–H groups in total. The predicted octanol–water partition coefficient (Wildman–Crippen LogP) is 4.97. The van der Waals surface area contributed by atoms with E-state index in [4.69, 9.17) is 9.72 Å². The van der Waals surface area contributed by atoms with E-state index in [0.29, 0.717) is 12.0 Å². The van der Waals surface area contributed by atoms with Crippen LogP contribution in [0.1, 0.15) is 57.4 Å². The van der Waals surface area contributed by atoms with E-state index in [1.807, 2.05) is 20.0 Å². The van der Waals surface area contributed by atoms with Crippen molar-refractivity contribution < 1.29 is 9.53 Å². The highest BCUT2D eigenvalue weighted by molar-refractivity contribution is 7.97. The highest BCUT2D eigenvalue weighted by Crippen LogP contribution is 2.40.